The molecule has 1 heterocycles. The van der Waals surface area contributed by atoms with Crippen LogP contribution in [0.5, 0.6) is 5.75 Å². The predicted molar refractivity (Wildman–Crippen MR) is 156 cm³/mol. The van der Waals surface area contributed by atoms with Gasteiger partial charge in [-0.05, 0) is 74.7 Å². The monoisotopic (exact) mass is 577 g/mol. The highest BCUT2D eigenvalue weighted by Crippen LogP contribution is 2.27. The number of carbonyl (C=O) groups is 4. The van der Waals surface area contributed by atoms with Crippen LogP contribution in [0, 0.1) is 19.3 Å². The zero-order valence-electron chi connectivity index (χ0n) is 24.2. The number of hydrogen-bond acceptors (Lipinski definition) is 8. The summed E-state index contributed by atoms with van der Waals surface area (Å²) >= 11 is 0. The van der Waals surface area contributed by atoms with E-state index in [0.717, 1.165) is 11.3 Å². The van der Waals surface area contributed by atoms with Gasteiger partial charge in [-0.15, -0.1) is 0 Å². The molecule has 12 nitrogen and oxygen atoms in total. The summed E-state index contributed by atoms with van der Waals surface area (Å²) in [6.07, 6.45) is 1.25. The first-order valence-electron chi connectivity index (χ1n) is 13.3. The van der Waals surface area contributed by atoms with Crippen molar-refractivity contribution in [2.75, 3.05) is 24.8 Å². The number of benzene rings is 2. The number of phenolic OH excluding ortho intramolecular Hbond substituents is 1. The maximum atomic E-state index is 13.5. The van der Waals surface area contributed by atoms with Gasteiger partial charge in [0.15, 0.2) is 5.84 Å². The van der Waals surface area contributed by atoms with Crippen molar-refractivity contribution in [2.24, 2.45) is 7.05 Å². The number of aromatic hydroxyl groups is 1. The summed E-state index contributed by atoms with van der Waals surface area (Å²) in [5.74, 6) is -1.82. The van der Waals surface area contributed by atoms with Crippen LogP contribution in [0.2, 0.25) is 0 Å². The molecule has 4 N–H and O–H groups in total. The quantitative estimate of drug-likeness (QED) is 0.122. The largest absolute Gasteiger partial charge is 0.508 e. The van der Waals surface area contributed by atoms with Crippen molar-refractivity contribution < 1.29 is 33.8 Å². The Morgan fingerprint density at radius 2 is 1.62 bits per heavy atom. The maximum Gasteiger partial charge on any atom is 0.423 e. The number of aryl methyl sites for hydroxylation is 2. The summed E-state index contributed by atoms with van der Waals surface area (Å²) < 4.78 is 11.9. The number of aromatic nitrogens is 1. The summed E-state index contributed by atoms with van der Waals surface area (Å²) in [4.78, 5) is 52.2. The molecule has 0 spiro atoms. The summed E-state index contributed by atoms with van der Waals surface area (Å²) in [6.45, 7) is 7.19. The van der Waals surface area contributed by atoms with Crippen molar-refractivity contribution in [3.05, 3.63) is 82.2 Å². The number of rotatable bonds is 10. The van der Waals surface area contributed by atoms with Crippen LogP contribution in [0.15, 0.2) is 48.7 Å². The van der Waals surface area contributed by atoms with E-state index in [9.17, 15) is 24.3 Å². The van der Waals surface area contributed by atoms with Crippen LogP contribution in [0.25, 0.3) is 0 Å². The number of nitrogens with zero attached hydrogens (tertiary/aromatic N) is 2. The Morgan fingerprint density at radius 1 is 0.952 bits per heavy atom. The van der Waals surface area contributed by atoms with Gasteiger partial charge in [-0.2, -0.15) is 0 Å². The average Bonchev–Trinajstić information content (AvgIpc) is 3.26. The van der Waals surface area contributed by atoms with E-state index in [-0.39, 0.29) is 45.9 Å². The molecule has 42 heavy (non-hydrogen) atoms. The van der Waals surface area contributed by atoms with Crippen LogP contribution in [0.1, 0.15) is 68.2 Å². The highest BCUT2D eigenvalue weighted by Gasteiger charge is 2.30. The summed E-state index contributed by atoms with van der Waals surface area (Å²) in [5.41, 5.74) is 2.20. The molecule has 3 amide bonds. The molecule has 0 aliphatic heterocycles. The van der Waals surface area contributed by atoms with Crippen LogP contribution >= 0.6 is 0 Å². The molecular weight excluding hydrogens is 542 g/mol. The SMILES string of the molecule is CCCNC(=O)c1ccc(C)c(N(C(=N)c2c(C)c(C(=O)NCC)cn2C)C(=O)OCOC(=O)c2ccc(O)cc2)c1. The molecular formula is C30H35N5O7. The number of hydrogen-bond donors (Lipinski definition) is 4. The summed E-state index contributed by atoms with van der Waals surface area (Å²) in [5, 5.41) is 24.0. The van der Waals surface area contributed by atoms with E-state index in [0.29, 0.717) is 29.8 Å². The van der Waals surface area contributed by atoms with E-state index < -0.39 is 18.9 Å². The first-order chi connectivity index (χ1) is 20.0. The fourth-order valence-corrected chi connectivity index (χ4v) is 4.20. The van der Waals surface area contributed by atoms with Crippen LogP contribution in [-0.2, 0) is 16.5 Å². The number of nitrogens with one attached hydrogen (secondary N) is 3. The van der Waals surface area contributed by atoms with Gasteiger partial charge in [-0.3, -0.25) is 15.0 Å². The normalized spacial score (nSPS) is 10.5. The molecule has 0 atom stereocenters. The Balaban J connectivity index is 1.98. The maximum absolute atomic E-state index is 13.5. The highest BCUT2D eigenvalue weighted by molar-refractivity contribution is 6.21. The second-order valence-electron chi connectivity index (χ2n) is 9.43. The van der Waals surface area contributed by atoms with Gasteiger partial charge in [0.1, 0.15) is 5.75 Å². The van der Waals surface area contributed by atoms with Crippen molar-refractivity contribution in [3.8, 4) is 5.75 Å². The van der Waals surface area contributed by atoms with Crippen molar-refractivity contribution >= 4 is 35.4 Å². The van der Waals surface area contributed by atoms with Crippen LogP contribution in [0.4, 0.5) is 10.5 Å². The van der Waals surface area contributed by atoms with Gasteiger partial charge in [0.25, 0.3) is 11.8 Å². The lowest BCUT2D eigenvalue weighted by Gasteiger charge is -2.25. The Hall–Kier alpha value is -5.13. The third-order valence-corrected chi connectivity index (χ3v) is 6.37. The Morgan fingerprint density at radius 3 is 2.26 bits per heavy atom. The second-order valence-corrected chi connectivity index (χ2v) is 9.43. The third kappa shape index (κ3) is 7.14. The number of esters is 1. The molecule has 2 aromatic carbocycles. The van der Waals surface area contributed by atoms with E-state index in [1.54, 1.807) is 50.7 Å². The fourth-order valence-electron chi connectivity index (χ4n) is 4.20. The van der Waals surface area contributed by atoms with E-state index in [1.807, 2.05) is 6.92 Å². The fraction of sp³-hybridized carbons (Fsp3) is 0.300. The molecule has 0 aliphatic carbocycles. The smallest absolute Gasteiger partial charge is 0.423 e. The van der Waals surface area contributed by atoms with Crippen molar-refractivity contribution in [1.82, 2.24) is 15.2 Å². The zero-order valence-corrected chi connectivity index (χ0v) is 24.2. The Labute approximate surface area is 243 Å². The third-order valence-electron chi connectivity index (χ3n) is 6.37. The van der Waals surface area contributed by atoms with Crippen LogP contribution in [-0.4, -0.2) is 59.3 Å². The molecule has 0 fully saturated rings. The number of phenols is 1. The van der Waals surface area contributed by atoms with E-state index >= 15 is 0 Å². The number of ether oxygens (including phenoxy) is 2. The first kappa shape index (κ1) is 31.4. The standard InChI is InChI=1S/C30H35N5O7/c1-6-14-33-27(37)21-9-8-18(3)24(15-21)35(26(31)25-19(4)23(16-34(25)5)28(38)32-7-2)30(40)42-17-41-29(39)20-10-12-22(36)13-11-20/h8-13,15-16,31,36H,6-7,14,17H2,1-5H3,(H,32,38)(H,33,37). The molecule has 222 valence electrons. The van der Waals surface area contributed by atoms with Gasteiger partial charge in [0.05, 0.1) is 22.5 Å². The molecule has 1 aromatic heterocycles. The summed E-state index contributed by atoms with van der Waals surface area (Å²) in [7, 11) is 1.64. The molecule has 3 rings (SSSR count). The lowest BCUT2D eigenvalue weighted by molar-refractivity contribution is 0.0000917. The summed E-state index contributed by atoms with van der Waals surface area (Å²) in [6, 6.07) is 10.1. The zero-order chi connectivity index (χ0) is 31.0. The van der Waals surface area contributed by atoms with Gasteiger partial charge in [-0.1, -0.05) is 13.0 Å². The molecule has 0 bridgehead atoms. The Kier molecular flexibility index (Phi) is 10.4. The number of amides is 3. The number of anilines is 1. The highest BCUT2D eigenvalue weighted by atomic mass is 16.7. The van der Waals surface area contributed by atoms with E-state index in [2.05, 4.69) is 10.6 Å². The Bertz CT molecular complexity index is 1490. The lowest BCUT2D eigenvalue weighted by atomic mass is 10.1. The number of carbonyl (C=O) groups excluding carboxylic acids is 4. The van der Waals surface area contributed by atoms with Crippen LogP contribution < -0.4 is 15.5 Å². The molecule has 0 aliphatic rings. The topological polar surface area (TPSA) is 163 Å². The molecule has 0 saturated carbocycles. The van der Waals surface area contributed by atoms with E-state index in [1.165, 1.54) is 30.3 Å². The minimum absolute atomic E-state index is 0.0283. The van der Waals surface area contributed by atoms with Crippen LogP contribution in [0.3, 0.4) is 0 Å². The molecule has 0 unspecified atom stereocenters. The minimum atomic E-state index is -1.05. The van der Waals surface area contributed by atoms with E-state index in [4.69, 9.17) is 14.9 Å². The molecule has 0 saturated heterocycles. The van der Waals surface area contributed by atoms with Gasteiger partial charge < -0.3 is 29.8 Å². The molecule has 3 aromatic rings. The number of amidine groups is 1. The van der Waals surface area contributed by atoms with Gasteiger partial charge >= 0.3 is 12.1 Å². The first-order valence-corrected chi connectivity index (χ1v) is 13.3. The van der Waals surface area contributed by atoms with Crippen molar-refractivity contribution in [1.29, 1.82) is 5.41 Å². The van der Waals surface area contributed by atoms with Crippen molar-refractivity contribution in [2.45, 2.75) is 34.1 Å². The van der Waals surface area contributed by atoms with Gasteiger partial charge in [-0.25, -0.2) is 14.5 Å². The molecule has 0 radical (unpaired) electrons. The second kappa shape index (κ2) is 14.0. The van der Waals surface area contributed by atoms with Gasteiger partial charge in [0.2, 0.25) is 6.79 Å². The van der Waals surface area contributed by atoms with Crippen molar-refractivity contribution in [3.63, 3.8) is 0 Å². The van der Waals surface area contributed by atoms with Gasteiger partial charge in [0, 0.05) is 31.9 Å². The average molecular weight is 578 g/mol. The lowest BCUT2D eigenvalue weighted by Crippen LogP contribution is -2.40. The minimum Gasteiger partial charge on any atom is -0.508 e. The molecule has 12 heteroatoms. The predicted octanol–water partition coefficient (Wildman–Crippen LogP) is 4.02.